The van der Waals surface area contributed by atoms with E-state index in [1.807, 2.05) is 18.2 Å². The fourth-order valence-electron chi connectivity index (χ4n) is 2.67. The first-order valence-corrected chi connectivity index (χ1v) is 9.70. The molecule has 1 aliphatic heterocycles. The van der Waals surface area contributed by atoms with Gasteiger partial charge < -0.3 is 10.1 Å². The van der Waals surface area contributed by atoms with Crippen LogP contribution in [0, 0.1) is 0 Å². The molecule has 1 atom stereocenters. The summed E-state index contributed by atoms with van der Waals surface area (Å²) in [4.78, 5) is 12.3. The van der Waals surface area contributed by atoms with Crippen molar-refractivity contribution in [2.24, 2.45) is 0 Å². The number of sulfonamides is 1. The van der Waals surface area contributed by atoms with Gasteiger partial charge in [-0.3, -0.25) is 9.10 Å². The van der Waals surface area contributed by atoms with Crippen LogP contribution >= 0.6 is 0 Å². The molecule has 25 heavy (non-hydrogen) atoms. The Bertz CT molecular complexity index is 852. The SMILES string of the molecule is CC(Oc1ccccc1)C(=O)Nc1cccc(N2CCCS2(=O)=O)c1. The molecule has 0 bridgehead atoms. The smallest absolute Gasteiger partial charge is 0.265 e. The molecule has 1 N–H and O–H groups in total. The average Bonchev–Trinajstić information content (AvgIpc) is 2.95. The number of carbonyl (C=O) groups excluding carboxylic acids is 1. The molecule has 2 aromatic rings. The Kier molecular flexibility index (Phi) is 4.94. The van der Waals surface area contributed by atoms with Gasteiger partial charge in [0.05, 0.1) is 11.4 Å². The highest BCUT2D eigenvalue weighted by Crippen LogP contribution is 2.26. The van der Waals surface area contributed by atoms with E-state index in [9.17, 15) is 13.2 Å². The Morgan fingerprint density at radius 3 is 2.60 bits per heavy atom. The Labute approximate surface area is 147 Å². The molecule has 132 valence electrons. The van der Waals surface area contributed by atoms with Crippen molar-refractivity contribution >= 4 is 27.3 Å². The van der Waals surface area contributed by atoms with Crippen molar-refractivity contribution < 1.29 is 17.9 Å². The molecule has 1 amide bonds. The number of ether oxygens (including phenoxy) is 1. The Morgan fingerprint density at radius 2 is 1.92 bits per heavy atom. The van der Waals surface area contributed by atoms with Gasteiger partial charge in [0.1, 0.15) is 5.75 Å². The number of nitrogens with zero attached hydrogens (tertiary/aromatic N) is 1. The molecule has 1 heterocycles. The zero-order valence-corrected chi connectivity index (χ0v) is 14.7. The summed E-state index contributed by atoms with van der Waals surface area (Å²) < 4.78 is 31.0. The highest BCUT2D eigenvalue weighted by Gasteiger charge is 2.28. The predicted octanol–water partition coefficient (Wildman–Crippen LogP) is 2.63. The zero-order valence-electron chi connectivity index (χ0n) is 13.9. The second-order valence-corrected chi connectivity index (χ2v) is 7.87. The second-order valence-electron chi connectivity index (χ2n) is 5.85. The lowest BCUT2D eigenvalue weighted by Crippen LogP contribution is -2.30. The number of amides is 1. The number of benzene rings is 2. The summed E-state index contributed by atoms with van der Waals surface area (Å²) in [6, 6.07) is 15.9. The van der Waals surface area contributed by atoms with Gasteiger partial charge >= 0.3 is 0 Å². The molecule has 0 spiro atoms. The standard InChI is InChI=1S/C18H20N2O4S/c1-14(24-17-9-3-2-4-10-17)18(21)19-15-7-5-8-16(13-15)20-11-6-12-25(20,22)23/h2-5,7-10,13-14H,6,11-12H2,1H3,(H,19,21). The van der Waals surface area contributed by atoms with Crippen LogP contribution in [0.25, 0.3) is 0 Å². The van der Waals surface area contributed by atoms with Crippen LogP contribution in [-0.2, 0) is 14.8 Å². The minimum atomic E-state index is -3.25. The van der Waals surface area contributed by atoms with Crippen molar-refractivity contribution in [2.75, 3.05) is 21.9 Å². The maximum absolute atomic E-state index is 12.3. The molecule has 3 rings (SSSR count). The molecular formula is C18H20N2O4S. The molecule has 1 saturated heterocycles. The third-order valence-corrected chi connectivity index (χ3v) is 5.80. The van der Waals surface area contributed by atoms with Gasteiger partial charge in [-0.2, -0.15) is 0 Å². The van der Waals surface area contributed by atoms with Crippen LogP contribution in [0.5, 0.6) is 5.75 Å². The van der Waals surface area contributed by atoms with Gasteiger partial charge in [-0.05, 0) is 43.7 Å². The average molecular weight is 360 g/mol. The van der Waals surface area contributed by atoms with Crippen LogP contribution in [0.3, 0.4) is 0 Å². The van der Waals surface area contributed by atoms with Crippen molar-refractivity contribution in [3.8, 4) is 5.75 Å². The van der Waals surface area contributed by atoms with Gasteiger partial charge in [0.2, 0.25) is 10.0 Å². The Balaban J connectivity index is 1.68. The zero-order chi connectivity index (χ0) is 17.9. The minimum Gasteiger partial charge on any atom is -0.481 e. The Hall–Kier alpha value is -2.54. The highest BCUT2D eigenvalue weighted by atomic mass is 32.2. The first-order valence-electron chi connectivity index (χ1n) is 8.09. The van der Waals surface area contributed by atoms with Crippen LogP contribution in [-0.4, -0.2) is 32.7 Å². The van der Waals surface area contributed by atoms with Crippen molar-refractivity contribution in [1.82, 2.24) is 0 Å². The third kappa shape index (κ3) is 4.11. The van der Waals surface area contributed by atoms with E-state index in [1.165, 1.54) is 4.31 Å². The van der Waals surface area contributed by atoms with Crippen LogP contribution in [0.15, 0.2) is 54.6 Å². The molecule has 0 saturated carbocycles. The number of hydrogen-bond donors (Lipinski definition) is 1. The largest absolute Gasteiger partial charge is 0.481 e. The summed E-state index contributed by atoms with van der Waals surface area (Å²) in [5, 5.41) is 2.77. The summed E-state index contributed by atoms with van der Waals surface area (Å²) in [6.07, 6.45) is -0.0671. The summed E-state index contributed by atoms with van der Waals surface area (Å²) in [7, 11) is -3.25. The fourth-order valence-corrected chi connectivity index (χ4v) is 4.23. The number of rotatable bonds is 5. The topological polar surface area (TPSA) is 75.7 Å². The van der Waals surface area contributed by atoms with E-state index in [4.69, 9.17) is 4.74 Å². The van der Waals surface area contributed by atoms with Crippen molar-refractivity contribution in [3.05, 3.63) is 54.6 Å². The van der Waals surface area contributed by atoms with Gasteiger partial charge in [-0.15, -0.1) is 0 Å². The lowest BCUT2D eigenvalue weighted by Gasteiger charge is -2.19. The van der Waals surface area contributed by atoms with Gasteiger partial charge in [0.25, 0.3) is 5.91 Å². The van der Waals surface area contributed by atoms with Crippen LogP contribution in [0.2, 0.25) is 0 Å². The number of hydrogen-bond acceptors (Lipinski definition) is 4. The van der Waals surface area contributed by atoms with Crippen LogP contribution in [0.4, 0.5) is 11.4 Å². The molecule has 2 aromatic carbocycles. The molecule has 7 heteroatoms. The van der Waals surface area contributed by atoms with Crippen LogP contribution < -0.4 is 14.4 Å². The quantitative estimate of drug-likeness (QED) is 0.889. The van der Waals surface area contributed by atoms with Gasteiger partial charge in [0, 0.05) is 12.2 Å². The normalized spacial score (nSPS) is 17.1. The first-order chi connectivity index (χ1) is 12.0. The molecular weight excluding hydrogens is 340 g/mol. The van der Waals surface area contributed by atoms with E-state index in [0.29, 0.717) is 30.1 Å². The summed E-state index contributed by atoms with van der Waals surface area (Å²) >= 11 is 0. The second kappa shape index (κ2) is 7.14. The predicted molar refractivity (Wildman–Crippen MR) is 97.4 cm³/mol. The number of carbonyl (C=O) groups is 1. The summed E-state index contributed by atoms with van der Waals surface area (Å²) in [5.74, 6) is 0.471. The van der Waals surface area contributed by atoms with Crippen molar-refractivity contribution in [1.29, 1.82) is 0 Å². The fraction of sp³-hybridized carbons (Fsp3) is 0.278. The van der Waals surface area contributed by atoms with Gasteiger partial charge in [-0.1, -0.05) is 24.3 Å². The van der Waals surface area contributed by atoms with Crippen molar-refractivity contribution in [3.63, 3.8) is 0 Å². The maximum atomic E-state index is 12.3. The number of para-hydroxylation sites is 1. The molecule has 0 aromatic heterocycles. The van der Waals surface area contributed by atoms with E-state index in [0.717, 1.165) is 0 Å². The molecule has 6 nitrogen and oxygen atoms in total. The molecule has 1 aliphatic rings. The number of nitrogens with one attached hydrogen (secondary N) is 1. The van der Waals surface area contributed by atoms with Gasteiger partial charge in [-0.25, -0.2) is 8.42 Å². The van der Waals surface area contributed by atoms with E-state index < -0.39 is 16.1 Å². The lowest BCUT2D eigenvalue weighted by atomic mass is 10.2. The molecule has 1 unspecified atom stereocenters. The first kappa shape index (κ1) is 17.3. The van der Waals surface area contributed by atoms with E-state index in [2.05, 4.69) is 5.32 Å². The maximum Gasteiger partial charge on any atom is 0.265 e. The number of anilines is 2. The minimum absolute atomic E-state index is 0.158. The van der Waals surface area contributed by atoms with E-state index in [1.54, 1.807) is 43.3 Å². The van der Waals surface area contributed by atoms with E-state index in [-0.39, 0.29) is 11.7 Å². The third-order valence-electron chi connectivity index (χ3n) is 3.93. The summed E-state index contributed by atoms with van der Waals surface area (Å²) in [5.41, 5.74) is 1.10. The lowest BCUT2D eigenvalue weighted by molar-refractivity contribution is -0.122. The summed E-state index contributed by atoms with van der Waals surface area (Å²) in [6.45, 7) is 2.13. The van der Waals surface area contributed by atoms with Gasteiger partial charge in [0.15, 0.2) is 6.10 Å². The highest BCUT2D eigenvalue weighted by molar-refractivity contribution is 7.93. The monoisotopic (exact) mass is 360 g/mol. The molecule has 0 aliphatic carbocycles. The Morgan fingerprint density at radius 1 is 1.16 bits per heavy atom. The van der Waals surface area contributed by atoms with Crippen LogP contribution in [0.1, 0.15) is 13.3 Å². The molecule has 1 fully saturated rings. The van der Waals surface area contributed by atoms with Crippen molar-refractivity contribution in [2.45, 2.75) is 19.4 Å². The van der Waals surface area contributed by atoms with E-state index >= 15 is 0 Å². The molecule has 0 radical (unpaired) electrons.